The molecular formula is C12H16N4O. The van der Waals surface area contributed by atoms with E-state index < -0.39 is 0 Å². The lowest BCUT2D eigenvalue weighted by Crippen LogP contribution is -2.40. The number of piperidine rings is 1. The molecule has 2 rings (SSSR count). The number of nitriles is 1. The van der Waals surface area contributed by atoms with Crippen molar-refractivity contribution in [2.75, 3.05) is 13.1 Å². The molecule has 0 aliphatic carbocycles. The van der Waals surface area contributed by atoms with E-state index in [4.69, 9.17) is 5.26 Å². The van der Waals surface area contributed by atoms with Crippen LogP contribution in [0.5, 0.6) is 0 Å². The first-order valence-corrected chi connectivity index (χ1v) is 5.81. The molecule has 1 aliphatic rings. The summed E-state index contributed by atoms with van der Waals surface area (Å²) >= 11 is 0. The molecule has 1 fully saturated rings. The van der Waals surface area contributed by atoms with Crippen molar-refractivity contribution < 1.29 is 4.79 Å². The van der Waals surface area contributed by atoms with Gasteiger partial charge in [0.25, 0.3) is 5.91 Å². The van der Waals surface area contributed by atoms with Crippen LogP contribution >= 0.6 is 0 Å². The second-order valence-corrected chi connectivity index (χ2v) is 4.51. The third kappa shape index (κ3) is 2.31. The first kappa shape index (κ1) is 11.6. The van der Waals surface area contributed by atoms with Gasteiger partial charge in [-0.3, -0.25) is 9.48 Å². The number of carbonyl (C=O) groups is 1. The van der Waals surface area contributed by atoms with Crippen LogP contribution in [0.25, 0.3) is 0 Å². The number of hydrogen-bond acceptors (Lipinski definition) is 3. The molecule has 0 N–H and O–H groups in total. The summed E-state index contributed by atoms with van der Waals surface area (Å²) in [7, 11) is 1.77. The van der Waals surface area contributed by atoms with Crippen LogP contribution in [0.3, 0.4) is 0 Å². The van der Waals surface area contributed by atoms with Crippen molar-refractivity contribution in [3.05, 3.63) is 17.5 Å². The van der Waals surface area contributed by atoms with E-state index in [1.165, 1.54) is 0 Å². The number of aromatic nitrogens is 2. The molecular weight excluding hydrogens is 216 g/mol. The zero-order valence-electron chi connectivity index (χ0n) is 10.2. The predicted molar refractivity (Wildman–Crippen MR) is 62.2 cm³/mol. The number of rotatable bonds is 1. The molecule has 0 radical (unpaired) electrons. The molecule has 0 aromatic carbocycles. The average molecular weight is 232 g/mol. The molecule has 0 spiro atoms. The van der Waals surface area contributed by atoms with Crippen molar-refractivity contribution >= 4 is 5.91 Å². The molecule has 1 aromatic rings. The van der Waals surface area contributed by atoms with Crippen LogP contribution in [0.1, 0.15) is 29.0 Å². The highest BCUT2D eigenvalue weighted by Crippen LogP contribution is 2.18. The van der Waals surface area contributed by atoms with Crippen LogP contribution in [0.4, 0.5) is 0 Å². The standard InChI is InChI=1S/C12H16N4O/c1-9-6-11(15(2)14-9)12(17)16-5-3-4-10(7-13)8-16/h6,10H,3-5,8H2,1-2H3. The molecule has 1 aromatic heterocycles. The van der Waals surface area contributed by atoms with Crippen molar-refractivity contribution in [2.24, 2.45) is 13.0 Å². The van der Waals surface area contributed by atoms with Gasteiger partial charge in [0.05, 0.1) is 17.7 Å². The zero-order valence-corrected chi connectivity index (χ0v) is 10.2. The molecule has 17 heavy (non-hydrogen) atoms. The van der Waals surface area contributed by atoms with Gasteiger partial charge in [0.15, 0.2) is 0 Å². The maximum atomic E-state index is 12.3. The van der Waals surface area contributed by atoms with Crippen molar-refractivity contribution in [1.29, 1.82) is 5.26 Å². The number of amides is 1. The Hall–Kier alpha value is -1.83. The summed E-state index contributed by atoms with van der Waals surface area (Å²) in [6, 6.07) is 4.03. The monoisotopic (exact) mass is 232 g/mol. The Bertz CT molecular complexity index is 471. The van der Waals surface area contributed by atoms with Crippen LogP contribution in [0.2, 0.25) is 0 Å². The summed E-state index contributed by atoms with van der Waals surface area (Å²) in [5, 5.41) is 13.1. The van der Waals surface area contributed by atoms with E-state index in [0.29, 0.717) is 12.2 Å². The lowest BCUT2D eigenvalue weighted by molar-refractivity contribution is 0.0687. The molecule has 0 bridgehead atoms. The summed E-state index contributed by atoms with van der Waals surface area (Å²) in [6.45, 7) is 3.14. The number of nitrogens with zero attached hydrogens (tertiary/aromatic N) is 4. The quantitative estimate of drug-likeness (QED) is 0.728. The van der Waals surface area contributed by atoms with Gasteiger partial charge in [-0.05, 0) is 25.8 Å². The summed E-state index contributed by atoms with van der Waals surface area (Å²) in [4.78, 5) is 14.0. The third-order valence-corrected chi connectivity index (χ3v) is 3.11. The molecule has 1 atom stereocenters. The summed E-state index contributed by atoms with van der Waals surface area (Å²) in [6.07, 6.45) is 1.80. The summed E-state index contributed by atoms with van der Waals surface area (Å²) in [5.41, 5.74) is 1.44. The second-order valence-electron chi connectivity index (χ2n) is 4.51. The van der Waals surface area contributed by atoms with Crippen LogP contribution in [-0.2, 0) is 7.05 Å². The zero-order chi connectivity index (χ0) is 12.4. The minimum atomic E-state index is -0.0259. The van der Waals surface area contributed by atoms with Gasteiger partial charge in [0.1, 0.15) is 5.69 Å². The molecule has 90 valence electrons. The SMILES string of the molecule is Cc1cc(C(=O)N2CCCC(C#N)C2)n(C)n1. The maximum Gasteiger partial charge on any atom is 0.272 e. The van der Waals surface area contributed by atoms with Crippen LogP contribution < -0.4 is 0 Å². The topological polar surface area (TPSA) is 61.9 Å². The highest BCUT2D eigenvalue weighted by Gasteiger charge is 2.25. The summed E-state index contributed by atoms with van der Waals surface area (Å²) in [5.74, 6) is -0.0462. The van der Waals surface area contributed by atoms with Gasteiger partial charge < -0.3 is 4.90 Å². The Morgan fingerprint density at radius 2 is 2.41 bits per heavy atom. The fraction of sp³-hybridized carbons (Fsp3) is 0.583. The molecule has 5 heteroatoms. The van der Waals surface area contributed by atoms with Crippen molar-refractivity contribution in [3.8, 4) is 6.07 Å². The highest BCUT2D eigenvalue weighted by molar-refractivity contribution is 5.92. The van der Waals surface area contributed by atoms with Crippen LogP contribution in [0, 0.1) is 24.2 Å². The number of likely N-dealkylation sites (tertiary alicyclic amines) is 1. The van der Waals surface area contributed by atoms with E-state index in [1.807, 2.05) is 6.92 Å². The van der Waals surface area contributed by atoms with Crippen molar-refractivity contribution in [1.82, 2.24) is 14.7 Å². The predicted octanol–water partition coefficient (Wildman–Crippen LogP) is 1.10. The van der Waals surface area contributed by atoms with Gasteiger partial charge in [-0.15, -0.1) is 0 Å². The largest absolute Gasteiger partial charge is 0.336 e. The maximum absolute atomic E-state index is 12.3. The molecule has 1 saturated heterocycles. The van der Waals surface area contributed by atoms with E-state index in [0.717, 1.165) is 25.1 Å². The fourth-order valence-corrected chi connectivity index (χ4v) is 2.24. The van der Waals surface area contributed by atoms with Crippen molar-refractivity contribution in [2.45, 2.75) is 19.8 Å². The molecule has 0 saturated carbocycles. The number of aryl methyl sites for hydroxylation is 2. The first-order valence-electron chi connectivity index (χ1n) is 5.81. The minimum absolute atomic E-state index is 0.0203. The van der Waals surface area contributed by atoms with E-state index in [2.05, 4.69) is 11.2 Å². The Kier molecular flexibility index (Phi) is 3.14. The lowest BCUT2D eigenvalue weighted by Gasteiger charge is -2.29. The number of carbonyl (C=O) groups excluding carboxylic acids is 1. The van der Waals surface area contributed by atoms with E-state index in [-0.39, 0.29) is 11.8 Å². The van der Waals surface area contributed by atoms with Gasteiger partial charge >= 0.3 is 0 Å². The molecule has 1 amide bonds. The molecule has 1 aliphatic heterocycles. The van der Waals surface area contributed by atoms with E-state index in [1.54, 1.807) is 22.7 Å². The Morgan fingerprint density at radius 1 is 1.65 bits per heavy atom. The van der Waals surface area contributed by atoms with Gasteiger partial charge in [-0.1, -0.05) is 0 Å². The van der Waals surface area contributed by atoms with E-state index >= 15 is 0 Å². The lowest BCUT2D eigenvalue weighted by atomic mass is 9.99. The van der Waals surface area contributed by atoms with Crippen molar-refractivity contribution in [3.63, 3.8) is 0 Å². The van der Waals surface area contributed by atoms with Gasteiger partial charge in [-0.2, -0.15) is 10.4 Å². The summed E-state index contributed by atoms with van der Waals surface area (Å²) < 4.78 is 1.60. The highest BCUT2D eigenvalue weighted by atomic mass is 16.2. The van der Waals surface area contributed by atoms with Crippen LogP contribution in [0.15, 0.2) is 6.07 Å². The average Bonchev–Trinajstić information content (AvgIpc) is 2.67. The minimum Gasteiger partial charge on any atom is -0.336 e. The molecule has 5 nitrogen and oxygen atoms in total. The fourth-order valence-electron chi connectivity index (χ4n) is 2.24. The molecule has 2 heterocycles. The van der Waals surface area contributed by atoms with E-state index in [9.17, 15) is 4.79 Å². The number of hydrogen-bond donors (Lipinski definition) is 0. The first-order chi connectivity index (χ1) is 8.11. The van der Waals surface area contributed by atoms with Gasteiger partial charge in [0, 0.05) is 20.1 Å². The van der Waals surface area contributed by atoms with Gasteiger partial charge in [-0.25, -0.2) is 0 Å². The second kappa shape index (κ2) is 4.58. The van der Waals surface area contributed by atoms with Gasteiger partial charge in [0.2, 0.25) is 0 Å². The Morgan fingerprint density at radius 3 is 3.00 bits per heavy atom. The Labute approximate surface area is 101 Å². The molecule has 1 unspecified atom stereocenters. The smallest absolute Gasteiger partial charge is 0.272 e. The third-order valence-electron chi connectivity index (χ3n) is 3.11. The Balaban J connectivity index is 2.15. The van der Waals surface area contributed by atoms with Crippen LogP contribution in [-0.4, -0.2) is 33.7 Å². The normalized spacial score (nSPS) is 20.1.